The van der Waals surface area contributed by atoms with Gasteiger partial charge in [-0.1, -0.05) is 54.1 Å². The number of aliphatic carboxylic acids is 1. The molecule has 0 aromatic heterocycles. The quantitative estimate of drug-likeness (QED) is 0.687. The van der Waals surface area contributed by atoms with Gasteiger partial charge in [-0.3, -0.25) is 0 Å². The number of carbonyl (C=O) groups excluding carboxylic acids is 1. The Kier molecular flexibility index (Phi) is 6.90. The molecule has 2 atom stereocenters. The van der Waals surface area contributed by atoms with Crippen LogP contribution in [0.2, 0.25) is 0 Å². The zero-order valence-electron chi connectivity index (χ0n) is 15.4. The summed E-state index contributed by atoms with van der Waals surface area (Å²) in [5.41, 5.74) is 5.44. The average molecular weight is 329 g/mol. The van der Waals surface area contributed by atoms with Crippen LogP contribution in [-0.2, 0) is 11.2 Å². The van der Waals surface area contributed by atoms with E-state index in [0.717, 1.165) is 19.4 Å². The van der Waals surface area contributed by atoms with Crippen LogP contribution < -0.4 is 24.0 Å². The van der Waals surface area contributed by atoms with Crippen LogP contribution >= 0.6 is 0 Å². The zero-order valence-corrected chi connectivity index (χ0v) is 15.4. The molecule has 0 N–H and O–H groups in total. The molecule has 4 heteroatoms. The Morgan fingerprint density at radius 1 is 1.20 bits per heavy atom. The minimum atomic E-state index is -1.01. The smallest absolute Gasteiger partial charge is 0.549 e. The minimum absolute atomic E-state index is 0. The summed E-state index contributed by atoms with van der Waals surface area (Å²) in [7, 11) is 1.86. The normalized spacial score (nSPS) is 19.2. The standard InChI is InChI=1S/C21H25NO2.Li/c1-15-8-11-19-17(12-15)9-10-18(13-22(2)14-20(23)24)21(19)16-6-4-3-5-7-16;/h3-8,11-12,18,21H,9-10,13-14H2,1-2H3,(H,23,24);/q;+1/p-1. The third-order valence-electron chi connectivity index (χ3n) is 4.99. The molecule has 0 saturated heterocycles. The fourth-order valence-corrected chi connectivity index (χ4v) is 4.01. The van der Waals surface area contributed by atoms with Crippen molar-refractivity contribution in [2.75, 3.05) is 20.1 Å². The summed E-state index contributed by atoms with van der Waals surface area (Å²) >= 11 is 0. The van der Waals surface area contributed by atoms with Gasteiger partial charge in [0.1, 0.15) is 0 Å². The van der Waals surface area contributed by atoms with Gasteiger partial charge in [-0.15, -0.1) is 0 Å². The van der Waals surface area contributed by atoms with Crippen LogP contribution in [0.15, 0.2) is 48.5 Å². The van der Waals surface area contributed by atoms with Crippen molar-refractivity contribution in [1.29, 1.82) is 0 Å². The van der Waals surface area contributed by atoms with Crippen LogP contribution in [0.1, 0.15) is 34.6 Å². The first-order chi connectivity index (χ1) is 11.5. The van der Waals surface area contributed by atoms with Gasteiger partial charge >= 0.3 is 18.9 Å². The van der Waals surface area contributed by atoms with Crippen molar-refractivity contribution in [1.82, 2.24) is 4.90 Å². The molecule has 0 spiro atoms. The minimum Gasteiger partial charge on any atom is -0.549 e. The second kappa shape index (κ2) is 8.72. The third-order valence-corrected chi connectivity index (χ3v) is 4.99. The number of carbonyl (C=O) groups is 1. The van der Waals surface area contributed by atoms with E-state index >= 15 is 0 Å². The Bertz CT molecular complexity index is 717. The monoisotopic (exact) mass is 329 g/mol. The second-order valence-corrected chi connectivity index (χ2v) is 6.96. The Labute approximate surface area is 162 Å². The summed E-state index contributed by atoms with van der Waals surface area (Å²) in [6, 6.07) is 17.3. The largest absolute Gasteiger partial charge is 1.00 e. The van der Waals surface area contributed by atoms with Crippen LogP contribution in [0.5, 0.6) is 0 Å². The molecule has 1 aliphatic rings. The predicted octanol–water partition coefficient (Wildman–Crippen LogP) is -0.625. The third kappa shape index (κ3) is 4.76. The maximum absolute atomic E-state index is 10.9. The number of carboxylic acid groups (broad SMARTS) is 1. The number of hydrogen-bond acceptors (Lipinski definition) is 3. The molecule has 0 amide bonds. The molecule has 2 unspecified atom stereocenters. The summed E-state index contributed by atoms with van der Waals surface area (Å²) in [6.45, 7) is 2.89. The van der Waals surface area contributed by atoms with Crippen LogP contribution in [0, 0.1) is 12.8 Å². The van der Waals surface area contributed by atoms with E-state index in [1.807, 2.05) is 18.0 Å². The van der Waals surface area contributed by atoms with Crippen molar-refractivity contribution < 1.29 is 28.8 Å². The molecule has 3 rings (SSSR count). The second-order valence-electron chi connectivity index (χ2n) is 6.96. The van der Waals surface area contributed by atoms with Crippen molar-refractivity contribution in [3.8, 4) is 0 Å². The van der Waals surface area contributed by atoms with Crippen LogP contribution in [-0.4, -0.2) is 31.0 Å². The fraction of sp³-hybridized carbons (Fsp3) is 0.381. The number of rotatable bonds is 5. The molecule has 25 heavy (non-hydrogen) atoms. The molecular weight excluding hydrogens is 305 g/mol. The molecule has 0 fully saturated rings. The summed E-state index contributed by atoms with van der Waals surface area (Å²) in [6.07, 6.45) is 2.14. The molecule has 0 saturated carbocycles. The molecule has 0 bridgehead atoms. The number of carboxylic acids is 1. The number of nitrogens with zero attached hydrogens (tertiary/aromatic N) is 1. The molecule has 0 radical (unpaired) electrons. The molecule has 2 aromatic rings. The van der Waals surface area contributed by atoms with Crippen LogP contribution in [0.3, 0.4) is 0 Å². The summed E-state index contributed by atoms with van der Waals surface area (Å²) in [5, 5.41) is 10.9. The Balaban J connectivity index is 0.00000225. The molecule has 2 aromatic carbocycles. The van der Waals surface area contributed by atoms with Gasteiger partial charge in [0.2, 0.25) is 0 Å². The van der Waals surface area contributed by atoms with Gasteiger partial charge in [0.05, 0.1) is 5.97 Å². The maximum atomic E-state index is 10.9. The topological polar surface area (TPSA) is 43.4 Å². The van der Waals surface area contributed by atoms with Crippen LogP contribution in [0.25, 0.3) is 0 Å². The fourth-order valence-electron chi connectivity index (χ4n) is 4.01. The van der Waals surface area contributed by atoms with E-state index in [1.54, 1.807) is 0 Å². The summed E-state index contributed by atoms with van der Waals surface area (Å²) < 4.78 is 0. The van der Waals surface area contributed by atoms with E-state index in [-0.39, 0.29) is 25.4 Å². The van der Waals surface area contributed by atoms with Crippen LogP contribution in [0.4, 0.5) is 0 Å². The molecule has 1 aliphatic carbocycles. The zero-order chi connectivity index (χ0) is 17.1. The number of fused-ring (bicyclic) bond motifs is 1. The molecule has 0 aliphatic heterocycles. The maximum Gasteiger partial charge on any atom is 1.00 e. The van der Waals surface area contributed by atoms with Gasteiger partial charge in [0, 0.05) is 19.0 Å². The molecule has 126 valence electrons. The van der Waals surface area contributed by atoms with Gasteiger partial charge < -0.3 is 14.8 Å². The van der Waals surface area contributed by atoms with Crippen molar-refractivity contribution in [3.05, 3.63) is 70.8 Å². The van der Waals surface area contributed by atoms with E-state index in [1.165, 1.54) is 22.3 Å². The summed E-state index contributed by atoms with van der Waals surface area (Å²) in [5.74, 6) is -0.285. The SMILES string of the molecule is Cc1ccc2c(c1)CCC(CN(C)CC(=O)[O-])C2c1ccccc1.[Li+]. The van der Waals surface area contributed by atoms with Gasteiger partial charge in [-0.05, 0) is 49.4 Å². The first kappa shape index (κ1) is 19.8. The first-order valence-electron chi connectivity index (χ1n) is 8.57. The predicted molar refractivity (Wildman–Crippen MR) is 93.8 cm³/mol. The first-order valence-corrected chi connectivity index (χ1v) is 8.57. The van der Waals surface area contributed by atoms with Gasteiger partial charge in [-0.25, -0.2) is 0 Å². The van der Waals surface area contributed by atoms with Crippen molar-refractivity contribution in [2.24, 2.45) is 5.92 Å². The number of benzene rings is 2. The van der Waals surface area contributed by atoms with Gasteiger partial charge in [-0.2, -0.15) is 0 Å². The van der Waals surface area contributed by atoms with E-state index < -0.39 is 5.97 Å². The average Bonchev–Trinajstić information content (AvgIpc) is 2.54. The number of likely N-dealkylation sites (N-methyl/N-ethyl adjacent to an activating group) is 1. The van der Waals surface area contributed by atoms with Crippen molar-refractivity contribution >= 4 is 5.97 Å². The number of hydrogen-bond donors (Lipinski definition) is 0. The van der Waals surface area contributed by atoms with E-state index in [0.29, 0.717) is 11.8 Å². The van der Waals surface area contributed by atoms with Gasteiger partial charge in [0.15, 0.2) is 0 Å². The van der Waals surface area contributed by atoms with Gasteiger partial charge in [0.25, 0.3) is 0 Å². The van der Waals surface area contributed by atoms with Crippen molar-refractivity contribution in [2.45, 2.75) is 25.7 Å². The molecular formula is C21H24LiNO2. The Morgan fingerprint density at radius 2 is 1.92 bits per heavy atom. The number of aryl methyl sites for hydroxylation is 2. The van der Waals surface area contributed by atoms with E-state index in [2.05, 4.69) is 49.4 Å². The molecule has 0 heterocycles. The molecule has 3 nitrogen and oxygen atoms in total. The van der Waals surface area contributed by atoms with E-state index in [4.69, 9.17) is 0 Å². The Hall–Kier alpha value is -1.53. The van der Waals surface area contributed by atoms with E-state index in [9.17, 15) is 9.90 Å². The summed E-state index contributed by atoms with van der Waals surface area (Å²) in [4.78, 5) is 12.8. The Morgan fingerprint density at radius 3 is 2.60 bits per heavy atom. The van der Waals surface area contributed by atoms with Crippen molar-refractivity contribution in [3.63, 3.8) is 0 Å².